The minimum absolute atomic E-state index is 0.0759. The monoisotopic (exact) mass is 472 g/mol. The van der Waals surface area contributed by atoms with E-state index in [-0.39, 0.29) is 59.1 Å². The second-order valence-corrected chi connectivity index (χ2v) is 12.9. The van der Waals surface area contributed by atoms with Gasteiger partial charge < -0.3 is 15.3 Å². The summed E-state index contributed by atoms with van der Waals surface area (Å²) in [4.78, 5) is 0. The fourth-order valence-corrected chi connectivity index (χ4v) is 8.47. The molecule has 0 aliphatic heterocycles. The Hall–Kier alpha value is -0.590. The average Bonchev–Trinajstić information content (AvgIpc) is 3.07. The van der Waals surface area contributed by atoms with E-state index in [9.17, 15) is 24.1 Å². The van der Waals surface area contributed by atoms with Gasteiger partial charge in [-0.15, -0.1) is 0 Å². The summed E-state index contributed by atoms with van der Waals surface area (Å²) in [6.07, 6.45) is 3.51. The lowest BCUT2D eigenvalue weighted by atomic mass is 9.47. The van der Waals surface area contributed by atoms with Gasteiger partial charge in [-0.05, 0) is 105 Å². The third-order valence-electron chi connectivity index (χ3n) is 10.8. The van der Waals surface area contributed by atoms with E-state index in [1.165, 1.54) is 13.8 Å². The highest BCUT2D eigenvalue weighted by molar-refractivity contribution is 5.31. The molecule has 0 aromatic heterocycles. The van der Waals surface area contributed by atoms with Gasteiger partial charge in [-0.25, -0.2) is 13.2 Å². The molecule has 0 unspecified atom stereocenters. The van der Waals surface area contributed by atoms with E-state index in [0.717, 1.165) is 37.7 Å². The molecule has 190 valence electrons. The van der Waals surface area contributed by atoms with Crippen molar-refractivity contribution in [2.24, 2.45) is 40.4 Å². The highest BCUT2D eigenvalue weighted by Crippen LogP contribution is 2.68. The van der Waals surface area contributed by atoms with E-state index >= 15 is 4.39 Å². The Morgan fingerprint density at radius 2 is 1.61 bits per heavy atom. The van der Waals surface area contributed by atoms with Crippen LogP contribution in [0.25, 0.3) is 0 Å². The zero-order chi connectivity index (χ0) is 24.6. The molecule has 9 atom stereocenters. The standard InChI is InChI=1S/C27H43F3O3/c1-15(8-13-27(29,30)24(2,3)33)16-6-7-17-22-18(9-11-25(16,17)4)26(5)12-10-21(31)23(32)19(26)14-20(22)28/h15-19,21,23,31-33H,6-14H2,1-5H3/t15-,16-,17+,18+,19+,21+,23-,25-,26-/m1/s1. The number of rotatable bonds is 5. The lowest BCUT2D eigenvalue weighted by Gasteiger charge is -2.59. The molecule has 3 saturated carbocycles. The highest BCUT2D eigenvalue weighted by Gasteiger charge is 2.61. The molecule has 0 saturated heterocycles. The van der Waals surface area contributed by atoms with Crippen molar-refractivity contribution in [2.75, 3.05) is 0 Å². The lowest BCUT2D eigenvalue weighted by molar-refractivity contribution is -0.168. The maximum absolute atomic E-state index is 15.7. The van der Waals surface area contributed by atoms with Crippen LogP contribution in [-0.4, -0.2) is 39.1 Å². The summed E-state index contributed by atoms with van der Waals surface area (Å²) in [6, 6.07) is 0. The molecule has 0 radical (unpaired) electrons. The summed E-state index contributed by atoms with van der Waals surface area (Å²) >= 11 is 0. The minimum Gasteiger partial charge on any atom is -0.390 e. The van der Waals surface area contributed by atoms with Gasteiger partial charge in [0.2, 0.25) is 0 Å². The van der Waals surface area contributed by atoms with Crippen molar-refractivity contribution in [1.82, 2.24) is 0 Å². The zero-order valence-corrected chi connectivity index (χ0v) is 20.9. The van der Waals surface area contributed by atoms with Gasteiger partial charge in [0, 0.05) is 12.8 Å². The fourth-order valence-electron chi connectivity index (χ4n) is 8.47. The Morgan fingerprint density at radius 3 is 2.24 bits per heavy atom. The maximum atomic E-state index is 15.7. The molecule has 0 aromatic rings. The summed E-state index contributed by atoms with van der Waals surface area (Å²) in [5.74, 6) is -2.93. The second kappa shape index (κ2) is 8.23. The summed E-state index contributed by atoms with van der Waals surface area (Å²) in [6.45, 7) is 8.80. The van der Waals surface area contributed by atoms with E-state index < -0.39 is 23.7 Å². The number of hydrogen-bond acceptors (Lipinski definition) is 3. The van der Waals surface area contributed by atoms with Gasteiger partial charge in [0.1, 0.15) is 11.4 Å². The molecule has 0 aromatic carbocycles. The number of aliphatic hydroxyl groups is 3. The van der Waals surface area contributed by atoms with Crippen LogP contribution in [0, 0.1) is 40.4 Å². The molecular formula is C27H43F3O3. The van der Waals surface area contributed by atoms with Gasteiger partial charge >= 0.3 is 0 Å². The number of allylic oxidation sites excluding steroid dienone is 2. The van der Waals surface area contributed by atoms with Crippen LogP contribution in [0.4, 0.5) is 13.2 Å². The van der Waals surface area contributed by atoms with Crippen LogP contribution in [0.15, 0.2) is 11.4 Å². The highest BCUT2D eigenvalue weighted by atomic mass is 19.3. The number of hydrogen-bond donors (Lipinski definition) is 3. The number of halogens is 3. The molecule has 0 heterocycles. The lowest BCUT2D eigenvalue weighted by Crippen LogP contribution is -2.55. The summed E-state index contributed by atoms with van der Waals surface area (Å²) in [5.41, 5.74) is -1.40. The van der Waals surface area contributed by atoms with Gasteiger partial charge in [0.15, 0.2) is 0 Å². The fraction of sp³-hybridized carbons (Fsp3) is 0.926. The Balaban J connectivity index is 1.56. The maximum Gasteiger partial charge on any atom is 0.275 e. The first-order valence-electron chi connectivity index (χ1n) is 13.0. The molecule has 3 N–H and O–H groups in total. The third-order valence-corrected chi connectivity index (χ3v) is 10.8. The van der Waals surface area contributed by atoms with Crippen molar-refractivity contribution in [3.05, 3.63) is 11.4 Å². The van der Waals surface area contributed by atoms with E-state index in [1.54, 1.807) is 0 Å². The molecule has 3 nitrogen and oxygen atoms in total. The Labute approximate surface area is 196 Å². The molecule has 4 rings (SSSR count). The molecule has 4 aliphatic carbocycles. The quantitative estimate of drug-likeness (QED) is 0.459. The first-order chi connectivity index (χ1) is 15.1. The number of fused-ring (bicyclic) bond motifs is 5. The molecule has 4 aliphatic rings. The molecule has 3 fully saturated rings. The predicted octanol–water partition coefficient (Wildman–Crippen LogP) is 6.02. The van der Waals surface area contributed by atoms with Gasteiger partial charge in [-0.1, -0.05) is 20.8 Å². The Bertz CT molecular complexity index is 790. The van der Waals surface area contributed by atoms with Crippen molar-refractivity contribution < 1.29 is 28.5 Å². The predicted molar refractivity (Wildman–Crippen MR) is 122 cm³/mol. The molecule has 0 spiro atoms. The van der Waals surface area contributed by atoms with E-state index in [1.807, 2.05) is 6.92 Å². The summed E-state index contributed by atoms with van der Waals surface area (Å²) in [5, 5.41) is 30.7. The van der Waals surface area contributed by atoms with Gasteiger partial charge in [-0.3, -0.25) is 0 Å². The Kier molecular flexibility index (Phi) is 6.36. The largest absolute Gasteiger partial charge is 0.390 e. The zero-order valence-electron chi connectivity index (χ0n) is 20.9. The Morgan fingerprint density at radius 1 is 1.00 bits per heavy atom. The topological polar surface area (TPSA) is 60.7 Å². The normalized spacial score (nSPS) is 44.8. The van der Waals surface area contributed by atoms with Gasteiger partial charge in [0.25, 0.3) is 5.92 Å². The summed E-state index contributed by atoms with van der Waals surface area (Å²) in [7, 11) is 0. The average molecular weight is 473 g/mol. The molecular weight excluding hydrogens is 429 g/mol. The van der Waals surface area contributed by atoms with E-state index in [2.05, 4.69) is 13.8 Å². The molecule has 33 heavy (non-hydrogen) atoms. The first-order valence-corrected chi connectivity index (χ1v) is 13.0. The third kappa shape index (κ3) is 3.91. The smallest absolute Gasteiger partial charge is 0.275 e. The molecule has 0 bridgehead atoms. The first kappa shape index (κ1) is 25.5. The van der Waals surface area contributed by atoms with Gasteiger partial charge in [0.05, 0.1) is 12.2 Å². The van der Waals surface area contributed by atoms with Crippen LogP contribution < -0.4 is 0 Å². The van der Waals surface area contributed by atoms with Crippen molar-refractivity contribution in [2.45, 2.75) is 116 Å². The number of alkyl halides is 2. The molecule has 0 amide bonds. The molecule has 6 heteroatoms. The number of aliphatic hydroxyl groups excluding tert-OH is 2. The van der Waals surface area contributed by atoms with Crippen LogP contribution in [0.1, 0.15) is 92.4 Å². The van der Waals surface area contributed by atoms with Crippen molar-refractivity contribution in [3.63, 3.8) is 0 Å². The van der Waals surface area contributed by atoms with Gasteiger partial charge in [-0.2, -0.15) is 0 Å². The van der Waals surface area contributed by atoms with Crippen molar-refractivity contribution in [3.8, 4) is 0 Å². The van der Waals surface area contributed by atoms with E-state index in [0.29, 0.717) is 12.8 Å². The summed E-state index contributed by atoms with van der Waals surface area (Å²) < 4.78 is 44.5. The van der Waals surface area contributed by atoms with Crippen LogP contribution in [0.3, 0.4) is 0 Å². The van der Waals surface area contributed by atoms with Crippen LogP contribution >= 0.6 is 0 Å². The minimum atomic E-state index is -3.13. The van der Waals surface area contributed by atoms with Crippen LogP contribution in [0.2, 0.25) is 0 Å². The van der Waals surface area contributed by atoms with E-state index in [4.69, 9.17) is 0 Å². The van der Waals surface area contributed by atoms with Crippen LogP contribution in [-0.2, 0) is 0 Å². The van der Waals surface area contributed by atoms with Crippen molar-refractivity contribution >= 4 is 0 Å². The SMILES string of the molecule is C[C@H](CCC(F)(F)C(C)(C)O)[C@H]1CC[C@H]2C3=C(F)C[C@H]4[C@@H](O)[C@@H](O)CC[C@]4(C)[C@H]3CC[C@]12C. The van der Waals surface area contributed by atoms with Crippen LogP contribution in [0.5, 0.6) is 0 Å². The van der Waals surface area contributed by atoms with Crippen molar-refractivity contribution in [1.29, 1.82) is 0 Å². The second-order valence-electron chi connectivity index (χ2n) is 12.9.